The van der Waals surface area contributed by atoms with Gasteiger partial charge in [0.25, 0.3) is 0 Å². The minimum atomic E-state index is 0.0399. The number of nitrogens with two attached hydrogens (primary N) is 1. The van der Waals surface area contributed by atoms with Crippen LogP contribution in [0.5, 0.6) is 0 Å². The van der Waals surface area contributed by atoms with Crippen LogP contribution in [0.25, 0.3) is 0 Å². The van der Waals surface area contributed by atoms with Crippen LogP contribution < -0.4 is 5.84 Å². The van der Waals surface area contributed by atoms with E-state index in [4.69, 9.17) is 5.84 Å². The summed E-state index contributed by atoms with van der Waals surface area (Å²) in [7, 11) is 0. The van der Waals surface area contributed by atoms with E-state index in [0.29, 0.717) is 0 Å². The van der Waals surface area contributed by atoms with Gasteiger partial charge in [-0.1, -0.05) is 39.8 Å². The minimum Gasteiger partial charge on any atom is -0.323 e. The van der Waals surface area contributed by atoms with Gasteiger partial charge in [0.05, 0.1) is 5.71 Å². The van der Waals surface area contributed by atoms with E-state index in [1.54, 1.807) is 0 Å². The molecule has 0 bridgehead atoms. The van der Waals surface area contributed by atoms with Crippen molar-refractivity contribution in [3.8, 4) is 0 Å². The van der Waals surface area contributed by atoms with Gasteiger partial charge in [-0.25, -0.2) is 0 Å². The summed E-state index contributed by atoms with van der Waals surface area (Å²) in [5.74, 6) is 5.33. The molecule has 0 spiro atoms. The van der Waals surface area contributed by atoms with Crippen molar-refractivity contribution in [3.05, 3.63) is 12.2 Å². The highest BCUT2D eigenvalue weighted by Crippen LogP contribution is 2.39. The molecule has 0 amide bonds. The summed E-state index contributed by atoms with van der Waals surface area (Å²) < 4.78 is 0. The van der Waals surface area contributed by atoms with Crippen LogP contribution in [0.3, 0.4) is 0 Å². The number of hydrazone groups is 1. The molecule has 0 aromatic rings. The highest BCUT2D eigenvalue weighted by molar-refractivity contribution is 5.99. The molecule has 0 unspecified atom stereocenters. The molecule has 0 aromatic heterocycles. The fourth-order valence-electron chi connectivity index (χ4n) is 1.74. The molecular formula is C9H16N2. The highest BCUT2D eigenvalue weighted by Gasteiger charge is 2.38. The molecule has 0 saturated heterocycles. The fraction of sp³-hybridized carbons (Fsp3) is 0.667. The molecule has 0 atom stereocenters. The second-order valence-electron chi connectivity index (χ2n) is 4.25. The monoisotopic (exact) mass is 152 g/mol. The lowest BCUT2D eigenvalue weighted by atomic mass is 9.80. The van der Waals surface area contributed by atoms with Crippen LogP contribution in [0.4, 0.5) is 0 Å². The van der Waals surface area contributed by atoms with Gasteiger partial charge in [0, 0.05) is 10.8 Å². The molecule has 62 valence electrons. The van der Waals surface area contributed by atoms with E-state index in [9.17, 15) is 0 Å². The van der Waals surface area contributed by atoms with E-state index in [-0.39, 0.29) is 10.8 Å². The van der Waals surface area contributed by atoms with E-state index in [2.05, 4.69) is 44.9 Å². The van der Waals surface area contributed by atoms with E-state index in [1.165, 1.54) is 0 Å². The summed E-state index contributed by atoms with van der Waals surface area (Å²) in [6, 6.07) is 0. The summed E-state index contributed by atoms with van der Waals surface area (Å²) in [6.45, 7) is 8.52. The largest absolute Gasteiger partial charge is 0.323 e. The maximum atomic E-state index is 5.33. The zero-order chi connectivity index (χ0) is 8.70. The first-order valence-corrected chi connectivity index (χ1v) is 3.89. The maximum absolute atomic E-state index is 5.33. The molecule has 11 heavy (non-hydrogen) atoms. The zero-order valence-corrected chi connectivity index (χ0v) is 7.68. The lowest BCUT2D eigenvalue weighted by molar-refractivity contribution is 0.605. The zero-order valence-electron chi connectivity index (χ0n) is 7.68. The van der Waals surface area contributed by atoms with Gasteiger partial charge in [0.15, 0.2) is 0 Å². The van der Waals surface area contributed by atoms with Gasteiger partial charge in [-0.05, 0) is 0 Å². The Morgan fingerprint density at radius 1 is 1.09 bits per heavy atom. The molecule has 0 radical (unpaired) electrons. The molecule has 2 N–H and O–H groups in total. The Kier molecular flexibility index (Phi) is 1.58. The van der Waals surface area contributed by atoms with Crippen LogP contribution in [0, 0.1) is 10.8 Å². The molecule has 0 aromatic carbocycles. The first kappa shape index (κ1) is 8.31. The molecular weight excluding hydrogens is 136 g/mol. The molecule has 0 heterocycles. The van der Waals surface area contributed by atoms with Crippen molar-refractivity contribution in [3.63, 3.8) is 0 Å². The van der Waals surface area contributed by atoms with Crippen molar-refractivity contribution in [1.29, 1.82) is 0 Å². The number of allylic oxidation sites excluding steroid dienone is 2. The van der Waals surface area contributed by atoms with Gasteiger partial charge in [-0.3, -0.25) is 0 Å². The van der Waals surface area contributed by atoms with Gasteiger partial charge >= 0.3 is 0 Å². The van der Waals surface area contributed by atoms with Crippen LogP contribution in [0.1, 0.15) is 27.7 Å². The standard InChI is InChI=1S/C9H16N2/c1-8(2)5-6-9(3,4)7(8)11-10/h5-6H,10H2,1-4H3. The van der Waals surface area contributed by atoms with E-state index >= 15 is 0 Å². The van der Waals surface area contributed by atoms with Gasteiger partial charge in [-0.15, -0.1) is 0 Å². The average Bonchev–Trinajstić information content (AvgIpc) is 2.03. The van der Waals surface area contributed by atoms with Crippen LogP contribution in [0.2, 0.25) is 0 Å². The second-order valence-corrected chi connectivity index (χ2v) is 4.25. The third-order valence-electron chi connectivity index (χ3n) is 2.27. The lowest BCUT2D eigenvalue weighted by Gasteiger charge is -2.24. The smallest absolute Gasteiger partial charge is 0.0563 e. The quantitative estimate of drug-likeness (QED) is 0.321. The van der Waals surface area contributed by atoms with Crippen LogP contribution >= 0.6 is 0 Å². The van der Waals surface area contributed by atoms with Gasteiger partial charge < -0.3 is 5.84 Å². The summed E-state index contributed by atoms with van der Waals surface area (Å²) in [5.41, 5.74) is 1.14. The maximum Gasteiger partial charge on any atom is 0.0563 e. The van der Waals surface area contributed by atoms with Crippen molar-refractivity contribution in [2.75, 3.05) is 0 Å². The Hall–Kier alpha value is -0.790. The SMILES string of the molecule is CC1(C)C=CC(C)(C)C1=NN. The first-order valence-electron chi connectivity index (χ1n) is 3.89. The average molecular weight is 152 g/mol. The third kappa shape index (κ3) is 1.17. The Morgan fingerprint density at radius 3 is 1.64 bits per heavy atom. The van der Waals surface area contributed by atoms with E-state index in [0.717, 1.165) is 5.71 Å². The van der Waals surface area contributed by atoms with Crippen LogP contribution in [-0.2, 0) is 0 Å². The summed E-state index contributed by atoms with van der Waals surface area (Å²) in [4.78, 5) is 0. The topological polar surface area (TPSA) is 38.4 Å². The number of nitrogens with zero attached hydrogens (tertiary/aromatic N) is 1. The van der Waals surface area contributed by atoms with Crippen molar-refractivity contribution >= 4 is 5.71 Å². The van der Waals surface area contributed by atoms with Crippen LogP contribution in [-0.4, -0.2) is 5.71 Å². The fourth-order valence-corrected chi connectivity index (χ4v) is 1.74. The van der Waals surface area contributed by atoms with Gasteiger partial charge in [0.2, 0.25) is 0 Å². The summed E-state index contributed by atoms with van der Waals surface area (Å²) in [5, 5.41) is 3.85. The van der Waals surface area contributed by atoms with Gasteiger partial charge in [0.1, 0.15) is 0 Å². The third-order valence-corrected chi connectivity index (χ3v) is 2.27. The van der Waals surface area contributed by atoms with Gasteiger partial charge in [-0.2, -0.15) is 5.10 Å². The predicted molar refractivity (Wildman–Crippen MR) is 48.3 cm³/mol. The summed E-state index contributed by atoms with van der Waals surface area (Å²) >= 11 is 0. The Bertz CT molecular complexity index is 202. The van der Waals surface area contributed by atoms with Crippen molar-refractivity contribution in [2.45, 2.75) is 27.7 Å². The van der Waals surface area contributed by atoms with E-state index < -0.39 is 0 Å². The molecule has 1 rings (SSSR count). The number of hydrogen-bond acceptors (Lipinski definition) is 2. The molecule has 1 aliphatic rings. The molecule has 0 aliphatic heterocycles. The van der Waals surface area contributed by atoms with Crippen molar-refractivity contribution in [1.82, 2.24) is 0 Å². The Balaban J connectivity index is 3.09. The Labute approximate surface area is 68.2 Å². The molecule has 2 nitrogen and oxygen atoms in total. The second kappa shape index (κ2) is 2.10. The van der Waals surface area contributed by atoms with E-state index in [1.807, 2.05) is 0 Å². The minimum absolute atomic E-state index is 0.0399. The lowest BCUT2D eigenvalue weighted by Crippen LogP contribution is -2.29. The highest BCUT2D eigenvalue weighted by atomic mass is 15.1. The molecule has 2 heteroatoms. The normalized spacial score (nSPS) is 25.6. The number of hydrogen-bond donors (Lipinski definition) is 1. The van der Waals surface area contributed by atoms with Crippen LogP contribution in [0.15, 0.2) is 17.3 Å². The summed E-state index contributed by atoms with van der Waals surface area (Å²) in [6.07, 6.45) is 4.33. The first-order chi connectivity index (χ1) is 4.90. The molecule has 0 saturated carbocycles. The van der Waals surface area contributed by atoms with Crippen molar-refractivity contribution < 1.29 is 0 Å². The molecule has 1 aliphatic carbocycles. The Morgan fingerprint density at radius 2 is 1.45 bits per heavy atom. The molecule has 0 fully saturated rings. The number of rotatable bonds is 0. The van der Waals surface area contributed by atoms with Crippen molar-refractivity contribution in [2.24, 2.45) is 21.8 Å². The predicted octanol–water partition coefficient (Wildman–Crippen LogP) is 1.92.